The molecule has 1 N–H and O–H groups in total. The number of nitrogens with one attached hydrogen (secondary N) is 1. The normalized spacial score (nSPS) is 10.7. The Bertz CT molecular complexity index is 706. The van der Waals surface area contributed by atoms with Crippen LogP contribution in [-0.2, 0) is 0 Å². The van der Waals surface area contributed by atoms with Crippen molar-refractivity contribution < 1.29 is 9.18 Å². The van der Waals surface area contributed by atoms with Gasteiger partial charge in [0.25, 0.3) is 5.91 Å². The van der Waals surface area contributed by atoms with Gasteiger partial charge in [-0.2, -0.15) is 11.3 Å². The quantitative estimate of drug-likeness (QED) is 0.775. The molecule has 3 rings (SSSR count). The van der Waals surface area contributed by atoms with E-state index in [0.29, 0.717) is 16.2 Å². The van der Waals surface area contributed by atoms with E-state index in [-0.39, 0.29) is 11.7 Å². The Kier molecular flexibility index (Phi) is 2.81. The molecule has 0 spiro atoms. The molecule has 6 heteroatoms. The van der Waals surface area contributed by atoms with Crippen molar-refractivity contribution in [2.24, 2.45) is 0 Å². The average molecular weight is 278 g/mol. The second kappa shape index (κ2) is 4.47. The number of hydrogen-bond acceptors (Lipinski definition) is 4. The Morgan fingerprint density at radius 2 is 2.22 bits per heavy atom. The van der Waals surface area contributed by atoms with Crippen LogP contribution in [0.5, 0.6) is 0 Å². The summed E-state index contributed by atoms with van der Waals surface area (Å²) < 4.78 is 13.7. The zero-order valence-electron chi connectivity index (χ0n) is 9.01. The average Bonchev–Trinajstić information content (AvgIpc) is 2.95. The highest BCUT2D eigenvalue weighted by Gasteiger charge is 2.10. The van der Waals surface area contributed by atoms with E-state index in [9.17, 15) is 9.18 Å². The van der Waals surface area contributed by atoms with Crippen LogP contribution in [0.1, 0.15) is 10.4 Å². The van der Waals surface area contributed by atoms with E-state index >= 15 is 0 Å². The van der Waals surface area contributed by atoms with Gasteiger partial charge in [0, 0.05) is 5.38 Å². The summed E-state index contributed by atoms with van der Waals surface area (Å²) >= 11 is 2.72. The van der Waals surface area contributed by atoms with Gasteiger partial charge in [-0.15, -0.1) is 0 Å². The third-order valence-corrected chi connectivity index (χ3v) is 3.97. The van der Waals surface area contributed by atoms with Gasteiger partial charge in [0.1, 0.15) is 5.82 Å². The molecule has 0 saturated carbocycles. The highest BCUT2D eigenvalue weighted by atomic mass is 32.1. The van der Waals surface area contributed by atoms with Crippen LogP contribution in [0.2, 0.25) is 0 Å². The first kappa shape index (κ1) is 11.3. The van der Waals surface area contributed by atoms with Gasteiger partial charge in [0.15, 0.2) is 5.13 Å². The third-order valence-electron chi connectivity index (χ3n) is 2.35. The number of thiazole rings is 1. The second-order valence-electron chi connectivity index (χ2n) is 3.60. The van der Waals surface area contributed by atoms with Crippen LogP contribution >= 0.6 is 22.7 Å². The monoisotopic (exact) mass is 278 g/mol. The van der Waals surface area contributed by atoms with Gasteiger partial charge >= 0.3 is 0 Å². The standard InChI is InChI=1S/C12H7FN2OS2/c13-8-1-2-9-10(5-8)18-12(14-9)15-11(16)7-3-4-17-6-7/h1-6H,(H,14,15,16). The molecule has 3 aromatic rings. The second-order valence-corrected chi connectivity index (χ2v) is 5.41. The van der Waals surface area contributed by atoms with Gasteiger partial charge < -0.3 is 0 Å². The SMILES string of the molecule is O=C(Nc1nc2ccc(F)cc2s1)c1ccsc1. The number of carbonyl (C=O) groups excluding carboxylic acids is 1. The molecule has 0 bridgehead atoms. The molecular formula is C12H7FN2OS2. The van der Waals surface area contributed by atoms with Crippen molar-refractivity contribution in [1.29, 1.82) is 0 Å². The lowest BCUT2D eigenvalue weighted by atomic mass is 10.3. The molecule has 0 saturated heterocycles. The van der Waals surface area contributed by atoms with Gasteiger partial charge in [0.05, 0.1) is 15.8 Å². The summed E-state index contributed by atoms with van der Waals surface area (Å²) in [6.07, 6.45) is 0. The minimum Gasteiger partial charge on any atom is -0.298 e. The lowest BCUT2D eigenvalue weighted by Gasteiger charge is -1.97. The number of halogens is 1. The lowest BCUT2D eigenvalue weighted by molar-refractivity contribution is 0.102. The molecule has 90 valence electrons. The summed E-state index contributed by atoms with van der Waals surface area (Å²) in [5.74, 6) is -0.502. The predicted molar refractivity (Wildman–Crippen MR) is 71.9 cm³/mol. The minimum absolute atomic E-state index is 0.198. The van der Waals surface area contributed by atoms with Crippen molar-refractivity contribution in [1.82, 2.24) is 4.98 Å². The molecule has 0 aliphatic carbocycles. The molecule has 0 atom stereocenters. The highest BCUT2D eigenvalue weighted by Crippen LogP contribution is 2.26. The fraction of sp³-hybridized carbons (Fsp3) is 0. The number of rotatable bonds is 2. The van der Waals surface area contributed by atoms with E-state index in [1.165, 1.54) is 34.8 Å². The van der Waals surface area contributed by atoms with Gasteiger partial charge in [-0.05, 0) is 29.6 Å². The number of amides is 1. The number of fused-ring (bicyclic) bond motifs is 1. The van der Waals surface area contributed by atoms with E-state index in [2.05, 4.69) is 10.3 Å². The van der Waals surface area contributed by atoms with E-state index in [0.717, 1.165) is 4.70 Å². The van der Waals surface area contributed by atoms with Gasteiger partial charge in [-0.3, -0.25) is 10.1 Å². The fourth-order valence-corrected chi connectivity index (χ4v) is 3.04. The summed E-state index contributed by atoms with van der Waals surface area (Å²) in [5.41, 5.74) is 1.28. The molecule has 0 aliphatic rings. The van der Waals surface area contributed by atoms with Crippen LogP contribution in [0.25, 0.3) is 10.2 Å². The number of thiophene rings is 1. The van der Waals surface area contributed by atoms with Gasteiger partial charge in [-0.1, -0.05) is 11.3 Å². The van der Waals surface area contributed by atoms with E-state index in [1.54, 1.807) is 17.5 Å². The van der Waals surface area contributed by atoms with Crippen molar-refractivity contribution in [3.8, 4) is 0 Å². The summed E-state index contributed by atoms with van der Waals surface area (Å²) in [4.78, 5) is 16.0. The third kappa shape index (κ3) is 2.12. The number of aromatic nitrogens is 1. The molecule has 1 amide bonds. The minimum atomic E-state index is -0.304. The summed E-state index contributed by atoms with van der Waals surface area (Å²) in [5, 5.41) is 6.79. The summed E-state index contributed by atoms with van der Waals surface area (Å²) in [6, 6.07) is 6.11. The molecular weight excluding hydrogens is 271 g/mol. The summed E-state index contributed by atoms with van der Waals surface area (Å²) in [6.45, 7) is 0. The number of carbonyl (C=O) groups is 1. The Hall–Kier alpha value is -1.79. The largest absolute Gasteiger partial charge is 0.298 e. The maximum absolute atomic E-state index is 13.0. The maximum atomic E-state index is 13.0. The van der Waals surface area contributed by atoms with E-state index in [1.807, 2.05) is 5.38 Å². The van der Waals surface area contributed by atoms with Crippen LogP contribution in [-0.4, -0.2) is 10.9 Å². The van der Waals surface area contributed by atoms with Crippen LogP contribution in [0, 0.1) is 5.82 Å². The topological polar surface area (TPSA) is 42.0 Å². The van der Waals surface area contributed by atoms with Crippen molar-refractivity contribution in [2.45, 2.75) is 0 Å². The highest BCUT2D eigenvalue weighted by molar-refractivity contribution is 7.22. The molecule has 2 aromatic heterocycles. The molecule has 0 aliphatic heterocycles. The zero-order chi connectivity index (χ0) is 12.5. The van der Waals surface area contributed by atoms with E-state index < -0.39 is 0 Å². The first-order chi connectivity index (χ1) is 8.72. The van der Waals surface area contributed by atoms with Crippen LogP contribution in [0.4, 0.5) is 9.52 Å². The zero-order valence-corrected chi connectivity index (χ0v) is 10.6. The van der Waals surface area contributed by atoms with Crippen molar-refractivity contribution >= 4 is 43.9 Å². The molecule has 3 nitrogen and oxygen atoms in total. The summed E-state index contributed by atoms with van der Waals surface area (Å²) in [7, 11) is 0. The maximum Gasteiger partial charge on any atom is 0.258 e. The lowest BCUT2D eigenvalue weighted by Crippen LogP contribution is -2.10. The molecule has 2 heterocycles. The van der Waals surface area contributed by atoms with Crippen LogP contribution in [0.3, 0.4) is 0 Å². The number of hydrogen-bond donors (Lipinski definition) is 1. The molecule has 0 unspecified atom stereocenters. The van der Waals surface area contributed by atoms with Crippen molar-refractivity contribution in [3.63, 3.8) is 0 Å². The van der Waals surface area contributed by atoms with Crippen molar-refractivity contribution in [2.75, 3.05) is 5.32 Å². The number of nitrogens with zero attached hydrogens (tertiary/aromatic N) is 1. The molecule has 0 radical (unpaired) electrons. The molecule has 1 aromatic carbocycles. The predicted octanol–water partition coefficient (Wildman–Crippen LogP) is 3.75. The van der Waals surface area contributed by atoms with Crippen molar-refractivity contribution in [3.05, 3.63) is 46.4 Å². The Morgan fingerprint density at radius 3 is 3.00 bits per heavy atom. The number of benzene rings is 1. The molecule has 18 heavy (non-hydrogen) atoms. The first-order valence-electron chi connectivity index (χ1n) is 5.12. The Balaban J connectivity index is 1.89. The van der Waals surface area contributed by atoms with Crippen LogP contribution < -0.4 is 5.32 Å². The molecule has 0 fully saturated rings. The fourth-order valence-electron chi connectivity index (χ4n) is 1.51. The van der Waals surface area contributed by atoms with Gasteiger partial charge in [0.2, 0.25) is 0 Å². The Labute approximate surface area is 110 Å². The van der Waals surface area contributed by atoms with E-state index in [4.69, 9.17) is 0 Å². The van der Waals surface area contributed by atoms with Crippen LogP contribution in [0.15, 0.2) is 35.0 Å². The van der Waals surface area contributed by atoms with Gasteiger partial charge in [-0.25, -0.2) is 9.37 Å². The number of anilines is 1. The Morgan fingerprint density at radius 1 is 1.33 bits per heavy atom. The smallest absolute Gasteiger partial charge is 0.258 e. The first-order valence-corrected chi connectivity index (χ1v) is 6.88.